The number of esters is 2. The molecule has 2 atom stereocenters. The van der Waals surface area contributed by atoms with Crippen LogP contribution < -0.4 is 16.0 Å². The molecule has 0 spiro atoms. The van der Waals surface area contributed by atoms with E-state index in [-0.39, 0.29) is 36.5 Å². The Morgan fingerprint density at radius 1 is 0.957 bits per heavy atom. The van der Waals surface area contributed by atoms with Crippen molar-refractivity contribution in [2.45, 2.75) is 57.4 Å². The molecule has 1 aliphatic heterocycles. The van der Waals surface area contributed by atoms with E-state index in [1.54, 1.807) is 92.7 Å². The number of amides is 3. The smallest absolute Gasteiger partial charge is 0.386 e. The summed E-state index contributed by atoms with van der Waals surface area (Å²) < 4.78 is 43.1. The number of hydrogen-bond donors (Lipinski definition) is 2. The van der Waals surface area contributed by atoms with E-state index in [4.69, 9.17) is 5.73 Å². The van der Waals surface area contributed by atoms with Crippen LogP contribution in [0.3, 0.4) is 0 Å². The van der Waals surface area contributed by atoms with Gasteiger partial charge in [-0.15, -0.1) is 0 Å². The Morgan fingerprint density at radius 3 is 2.19 bits per heavy atom. The fourth-order valence-electron chi connectivity index (χ4n) is 5.51. The Labute approximate surface area is 269 Å². The minimum Gasteiger partial charge on any atom is -0.386 e. The van der Waals surface area contributed by atoms with E-state index in [0.717, 1.165) is 0 Å². The molecule has 47 heavy (non-hydrogen) atoms. The van der Waals surface area contributed by atoms with Crippen molar-refractivity contribution in [3.8, 4) is 0 Å². The van der Waals surface area contributed by atoms with Gasteiger partial charge in [0.2, 0.25) is 5.91 Å². The van der Waals surface area contributed by atoms with Crippen LogP contribution >= 0.6 is 0 Å². The Hall–Kier alpha value is -5.04. The number of alkyl halides is 3. The van der Waals surface area contributed by atoms with Crippen molar-refractivity contribution in [1.82, 2.24) is 10.2 Å². The number of ether oxygens (including phenoxy) is 1. The molecule has 13 heteroatoms. The number of aryl methyl sites for hydroxylation is 1. The van der Waals surface area contributed by atoms with Crippen LogP contribution in [0.4, 0.5) is 18.9 Å². The predicted octanol–water partition coefficient (Wildman–Crippen LogP) is 4.40. The van der Waals surface area contributed by atoms with Gasteiger partial charge >= 0.3 is 18.1 Å². The number of carbonyl (C=O) groups is 5. The molecule has 3 amide bonds. The molecule has 10 nitrogen and oxygen atoms in total. The summed E-state index contributed by atoms with van der Waals surface area (Å²) in [6.07, 6.45) is -5.94. The van der Waals surface area contributed by atoms with Gasteiger partial charge in [-0.3, -0.25) is 19.2 Å². The summed E-state index contributed by atoms with van der Waals surface area (Å²) in [6, 6.07) is 18.1. The van der Waals surface area contributed by atoms with Crippen LogP contribution in [0.2, 0.25) is 0 Å². The highest BCUT2D eigenvalue weighted by molar-refractivity contribution is 6.12. The summed E-state index contributed by atoms with van der Waals surface area (Å²) in [5.74, 6) is -5.67. The molecule has 3 aromatic rings. The van der Waals surface area contributed by atoms with Crippen molar-refractivity contribution in [2.24, 2.45) is 5.73 Å². The van der Waals surface area contributed by atoms with Crippen LogP contribution in [0.15, 0.2) is 78.9 Å². The van der Waals surface area contributed by atoms with Crippen LogP contribution in [-0.2, 0) is 30.3 Å². The highest BCUT2D eigenvalue weighted by Gasteiger charge is 2.47. The Morgan fingerprint density at radius 2 is 1.60 bits per heavy atom. The van der Waals surface area contributed by atoms with Crippen LogP contribution in [-0.4, -0.2) is 59.9 Å². The molecular formula is C34H35F3N4O6. The zero-order chi connectivity index (χ0) is 34.3. The molecular weight excluding hydrogens is 617 g/mol. The van der Waals surface area contributed by atoms with E-state index in [0.29, 0.717) is 23.2 Å². The largest absolute Gasteiger partial charge is 0.491 e. The Kier molecular flexibility index (Phi) is 11.1. The molecule has 0 fully saturated rings. The topological polar surface area (TPSA) is 139 Å². The lowest BCUT2D eigenvalue weighted by Crippen LogP contribution is -2.46. The molecule has 0 saturated carbocycles. The van der Waals surface area contributed by atoms with Crippen LogP contribution in [0.25, 0.3) is 0 Å². The number of carbonyl (C=O) groups excluding carboxylic acids is 5. The second kappa shape index (κ2) is 15.0. The highest BCUT2D eigenvalue weighted by Crippen LogP contribution is 2.42. The molecule has 3 aromatic carbocycles. The third kappa shape index (κ3) is 8.22. The van der Waals surface area contributed by atoms with Crippen molar-refractivity contribution in [1.29, 1.82) is 0 Å². The molecule has 0 bridgehead atoms. The average molecular weight is 653 g/mol. The van der Waals surface area contributed by atoms with Gasteiger partial charge in [-0.25, -0.2) is 4.79 Å². The normalized spacial score (nSPS) is 15.6. The number of rotatable bonds is 11. The van der Waals surface area contributed by atoms with E-state index in [2.05, 4.69) is 10.1 Å². The van der Waals surface area contributed by atoms with E-state index in [1.807, 2.05) is 0 Å². The SMILES string of the molecule is CC(C)N1C(=O)C(c2ccccc2)N(C(CC(=O)OC(=O)C(F)(F)F)c2ccccc2)C(=O)c2cc(CCC(=O)NCCN)ccc21. The summed E-state index contributed by atoms with van der Waals surface area (Å²) >= 11 is 0. The zero-order valence-electron chi connectivity index (χ0n) is 25.8. The predicted molar refractivity (Wildman–Crippen MR) is 166 cm³/mol. The van der Waals surface area contributed by atoms with Gasteiger partial charge in [-0.1, -0.05) is 66.7 Å². The maximum atomic E-state index is 14.8. The number of fused-ring (bicyclic) bond motifs is 1. The van der Waals surface area contributed by atoms with Crippen molar-refractivity contribution >= 4 is 35.3 Å². The number of nitrogens with zero attached hydrogens (tertiary/aromatic N) is 2. The van der Waals surface area contributed by atoms with Crippen LogP contribution in [0.5, 0.6) is 0 Å². The number of anilines is 1. The van der Waals surface area contributed by atoms with Crippen molar-refractivity contribution in [2.75, 3.05) is 18.0 Å². The minimum atomic E-state index is -5.42. The van der Waals surface area contributed by atoms with Gasteiger partial charge < -0.3 is 25.6 Å². The fraction of sp³-hybridized carbons (Fsp3) is 0.324. The van der Waals surface area contributed by atoms with E-state index in [9.17, 15) is 37.1 Å². The maximum absolute atomic E-state index is 14.8. The summed E-state index contributed by atoms with van der Waals surface area (Å²) in [7, 11) is 0. The summed E-state index contributed by atoms with van der Waals surface area (Å²) in [6.45, 7) is 4.13. The van der Waals surface area contributed by atoms with Crippen molar-refractivity contribution in [3.05, 3.63) is 101 Å². The molecule has 1 heterocycles. The number of hydrogen-bond acceptors (Lipinski definition) is 7. The first-order valence-electron chi connectivity index (χ1n) is 15.0. The molecule has 248 valence electrons. The summed E-state index contributed by atoms with van der Waals surface area (Å²) in [4.78, 5) is 68.8. The number of benzene rings is 3. The monoisotopic (exact) mass is 652 g/mol. The first-order valence-corrected chi connectivity index (χ1v) is 15.0. The van der Waals surface area contributed by atoms with Gasteiger partial charge in [0.1, 0.15) is 6.04 Å². The lowest BCUT2D eigenvalue weighted by Gasteiger charge is -2.37. The van der Waals surface area contributed by atoms with Gasteiger partial charge in [0, 0.05) is 25.6 Å². The van der Waals surface area contributed by atoms with Crippen LogP contribution in [0, 0.1) is 0 Å². The molecule has 0 saturated heterocycles. The Bertz CT molecular complexity index is 1620. The maximum Gasteiger partial charge on any atom is 0.491 e. The van der Waals surface area contributed by atoms with E-state index in [1.165, 1.54) is 9.80 Å². The first kappa shape index (κ1) is 34.8. The molecule has 4 rings (SSSR count). The molecule has 0 radical (unpaired) electrons. The third-order valence-corrected chi connectivity index (χ3v) is 7.59. The molecule has 3 N–H and O–H groups in total. The zero-order valence-corrected chi connectivity index (χ0v) is 25.8. The average Bonchev–Trinajstić information content (AvgIpc) is 3.13. The fourth-order valence-corrected chi connectivity index (χ4v) is 5.51. The Balaban J connectivity index is 1.88. The van der Waals surface area contributed by atoms with E-state index >= 15 is 0 Å². The molecule has 0 aromatic heterocycles. The summed E-state index contributed by atoms with van der Waals surface area (Å²) in [5, 5.41) is 2.69. The van der Waals surface area contributed by atoms with Gasteiger partial charge in [0.25, 0.3) is 11.8 Å². The molecule has 2 unspecified atom stereocenters. The van der Waals surface area contributed by atoms with Crippen LogP contribution in [0.1, 0.15) is 65.8 Å². The molecule has 0 aliphatic carbocycles. The minimum absolute atomic E-state index is 0.0889. The van der Waals surface area contributed by atoms with Gasteiger partial charge in [0.05, 0.1) is 23.7 Å². The number of halogens is 3. The first-order chi connectivity index (χ1) is 22.3. The standard InChI is InChI=1S/C34H35F3N4O6/c1-21(2)40-26-15-13-22(14-16-28(42)39-18-17-38)19-25(26)31(44)41(30(32(40)45)24-11-7-4-8-12-24)27(23-9-5-3-6-10-23)20-29(43)47-33(46)34(35,36)37/h3-13,15,19,21,27,30H,14,16-18,20,38H2,1-2H3,(H,39,42). The lowest BCUT2D eigenvalue weighted by molar-refractivity contribution is -0.202. The van der Waals surface area contributed by atoms with Gasteiger partial charge in [-0.2, -0.15) is 13.2 Å². The van der Waals surface area contributed by atoms with Crippen molar-refractivity contribution in [3.63, 3.8) is 0 Å². The highest BCUT2D eigenvalue weighted by atomic mass is 19.4. The van der Waals surface area contributed by atoms with E-state index < -0.39 is 54.5 Å². The quantitative estimate of drug-likeness (QED) is 0.231. The second-order valence-corrected chi connectivity index (χ2v) is 11.2. The van der Waals surface area contributed by atoms with Crippen molar-refractivity contribution < 1.29 is 41.9 Å². The number of nitrogens with one attached hydrogen (secondary N) is 1. The number of nitrogens with two attached hydrogens (primary N) is 1. The summed E-state index contributed by atoms with van der Waals surface area (Å²) in [5.41, 5.74) is 7.16. The van der Waals surface area contributed by atoms with Gasteiger partial charge in [-0.05, 0) is 49.1 Å². The third-order valence-electron chi connectivity index (χ3n) is 7.59. The lowest BCUT2D eigenvalue weighted by atomic mass is 9.95. The second-order valence-electron chi connectivity index (χ2n) is 11.2. The van der Waals surface area contributed by atoms with Gasteiger partial charge in [0.15, 0.2) is 0 Å². The molecule has 1 aliphatic rings.